The third-order valence-corrected chi connectivity index (χ3v) is 5.31. The molecule has 0 aliphatic rings. The number of carbonyl (C=O) groups is 3. The van der Waals surface area contributed by atoms with E-state index in [1.165, 1.54) is 43.6 Å². The Hall–Kier alpha value is -4.87. The van der Waals surface area contributed by atoms with Crippen LogP contribution in [0.15, 0.2) is 60.9 Å². The zero-order valence-corrected chi connectivity index (χ0v) is 18.5. The molecule has 0 aliphatic heterocycles. The van der Waals surface area contributed by atoms with Crippen LogP contribution in [-0.4, -0.2) is 39.6 Å². The number of pyridine rings is 1. The summed E-state index contributed by atoms with van der Waals surface area (Å²) >= 11 is 0. The molecule has 0 saturated heterocycles. The summed E-state index contributed by atoms with van der Waals surface area (Å²) in [6.07, 6.45) is -3.87. The predicted molar refractivity (Wildman–Crippen MR) is 122 cm³/mol. The largest absolute Gasteiger partial charge is 0.464 e. The molecule has 2 aromatic carbocycles. The van der Waals surface area contributed by atoms with Gasteiger partial charge in [0.25, 0.3) is 5.91 Å². The number of carboxylic acid groups (broad SMARTS) is 1. The van der Waals surface area contributed by atoms with Gasteiger partial charge in [-0.2, -0.15) is 13.2 Å². The van der Waals surface area contributed by atoms with Gasteiger partial charge in [-0.25, -0.2) is 4.79 Å². The quantitative estimate of drug-likeness (QED) is 0.371. The van der Waals surface area contributed by atoms with Gasteiger partial charge in [0, 0.05) is 42.0 Å². The molecule has 0 bridgehead atoms. The van der Waals surface area contributed by atoms with Crippen LogP contribution in [-0.2, 0) is 6.18 Å². The maximum Gasteiger partial charge on any atom is 0.417 e. The van der Waals surface area contributed by atoms with Crippen molar-refractivity contribution < 1.29 is 37.4 Å². The van der Waals surface area contributed by atoms with Crippen molar-refractivity contribution >= 4 is 28.8 Å². The van der Waals surface area contributed by atoms with Gasteiger partial charge in [-0.1, -0.05) is 6.07 Å². The third-order valence-electron chi connectivity index (χ3n) is 5.31. The van der Waals surface area contributed by atoms with Crippen LogP contribution in [0.1, 0.15) is 26.4 Å². The zero-order chi connectivity index (χ0) is 26.2. The molecular formula is C24H17F3N4O5. The van der Waals surface area contributed by atoms with Crippen molar-refractivity contribution in [1.82, 2.24) is 14.9 Å². The van der Waals surface area contributed by atoms with E-state index >= 15 is 0 Å². The number of nitrogens with zero attached hydrogens (tertiary/aromatic N) is 2. The van der Waals surface area contributed by atoms with Crippen molar-refractivity contribution in [3.05, 3.63) is 77.7 Å². The number of halogens is 3. The number of aromatic nitrogens is 2. The number of carbonyl (C=O) groups excluding carboxylic acids is 2. The minimum absolute atomic E-state index is 0.0537. The number of nitrogens with one attached hydrogen (secondary N) is 1. The number of alkyl halides is 3. The Labute approximate surface area is 200 Å². The van der Waals surface area contributed by atoms with Gasteiger partial charge in [0.15, 0.2) is 0 Å². The average molecular weight is 498 g/mol. The lowest BCUT2D eigenvalue weighted by atomic mass is 9.96. The van der Waals surface area contributed by atoms with Crippen LogP contribution in [0.2, 0.25) is 0 Å². The van der Waals surface area contributed by atoms with Gasteiger partial charge < -0.3 is 20.9 Å². The first-order chi connectivity index (χ1) is 17.0. The average Bonchev–Trinajstić information content (AvgIpc) is 3.21. The van der Waals surface area contributed by atoms with E-state index in [1.54, 1.807) is 0 Å². The van der Waals surface area contributed by atoms with Crippen molar-refractivity contribution in [3.8, 4) is 22.6 Å². The molecule has 2 aromatic heterocycles. The van der Waals surface area contributed by atoms with E-state index in [0.717, 1.165) is 22.9 Å². The first-order valence-corrected chi connectivity index (χ1v) is 10.3. The van der Waals surface area contributed by atoms with E-state index in [2.05, 4.69) is 10.3 Å². The molecule has 12 heteroatoms. The molecule has 4 rings (SSSR count). The Morgan fingerprint density at radius 2 is 1.75 bits per heavy atom. The molecule has 4 aromatic rings. The second-order valence-corrected chi connectivity index (χ2v) is 7.55. The highest BCUT2D eigenvalue weighted by atomic mass is 19.4. The van der Waals surface area contributed by atoms with E-state index in [9.17, 15) is 32.7 Å². The standard InChI is InChI=1S/C24H17F3N4O5/c1-29-22(33)19-10-14(6-7-30-19)36-13-3-5-20-16(9-13)17(11-31(20)23(34)35)15-4-2-12(21(28)32)8-18(15)24(25,26)27/h2-11H,1H3,(H2,28,32)(H,29,33)(H,34,35). The number of nitrogens with two attached hydrogens (primary N) is 1. The highest BCUT2D eigenvalue weighted by molar-refractivity contribution is 6.02. The first kappa shape index (κ1) is 24.3. The summed E-state index contributed by atoms with van der Waals surface area (Å²) in [6, 6.07) is 9.87. The number of primary amides is 1. The zero-order valence-electron chi connectivity index (χ0n) is 18.5. The van der Waals surface area contributed by atoms with Crippen LogP contribution in [0.4, 0.5) is 18.0 Å². The van der Waals surface area contributed by atoms with E-state index in [4.69, 9.17) is 10.5 Å². The van der Waals surface area contributed by atoms with Crippen LogP contribution < -0.4 is 15.8 Å². The molecule has 0 saturated carbocycles. The van der Waals surface area contributed by atoms with Gasteiger partial charge in [0.05, 0.1) is 11.1 Å². The normalized spacial score (nSPS) is 11.3. The summed E-state index contributed by atoms with van der Waals surface area (Å²) in [5, 5.41) is 12.2. The second kappa shape index (κ2) is 9.06. The van der Waals surface area contributed by atoms with E-state index < -0.39 is 29.6 Å². The maximum atomic E-state index is 13.9. The number of benzene rings is 2. The summed E-state index contributed by atoms with van der Waals surface area (Å²) in [4.78, 5) is 39.0. The molecule has 184 valence electrons. The van der Waals surface area contributed by atoms with Gasteiger partial charge in [0.2, 0.25) is 5.91 Å². The number of amides is 2. The monoisotopic (exact) mass is 498 g/mol. The van der Waals surface area contributed by atoms with Crippen LogP contribution in [0.5, 0.6) is 11.5 Å². The Morgan fingerprint density at radius 3 is 2.39 bits per heavy atom. The van der Waals surface area contributed by atoms with Crippen molar-refractivity contribution in [2.75, 3.05) is 7.05 Å². The molecule has 0 spiro atoms. The predicted octanol–water partition coefficient (Wildman–Crippen LogP) is 4.50. The van der Waals surface area contributed by atoms with Gasteiger partial charge >= 0.3 is 12.3 Å². The molecule has 0 aliphatic carbocycles. The molecule has 0 atom stereocenters. The molecule has 9 nitrogen and oxygen atoms in total. The minimum Gasteiger partial charge on any atom is -0.464 e. The molecule has 4 N–H and O–H groups in total. The van der Waals surface area contributed by atoms with Gasteiger partial charge in [0.1, 0.15) is 17.2 Å². The maximum absolute atomic E-state index is 13.9. The fourth-order valence-corrected chi connectivity index (χ4v) is 3.68. The Morgan fingerprint density at radius 1 is 1.03 bits per heavy atom. The summed E-state index contributed by atoms with van der Waals surface area (Å²) in [5.74, 6) is -1.09. The number of ether oxygens (including phenoxy) is 1. The van der Waals surface area contributed by atoms with Crippen molar-refractivity contribution in [2.24, 2.45) is 5.73 Å². The van der Waals surface area contributed by atoms with Crippen LogP contribution in [0.3, 0.4) is 0 Å². The topological polar surface area (TPSA) is 137 Å². The number of rotatable bonds is 5. The SMILES string of the molecule is CNC(=O)c1cc(Oc2ccc3c(c2)c(-c2ccc(C(N)=O)cc2C(F)(F)F)cn3C(=O)O)ccn1. The third kappa shape index (κ3) is 4.56. The first-order valence-electron chi connectivity index (χ1n) is 10.3. The van der Waals surface area contributed by atoms with E-state index in [1.807, 2.05) is 0 Å². The van der Waals surface area contributed by atoms with Crippen molar-refractivity contribution in [3.63, 3.8) is 0 Å². The number of hydrogen-bond donors (Lipinski definition) is 3. The molecular weight excluding hydrogens is 481 g/mol. The van der Waals surface area contributed by atoms with Crippen molar-refractivity contribution in [1.29, 1.82) is 0 Å². The number of fused-ring (bicyclic) bond motifs is 1. The fourth-order valence-electron chi connectivity index (χ4n) is 3.68. The van der Waals surface area contributed by atoms with Crippen LogP contribution >= 0.6 is 0 Å². The Balaban J connectivity index is 1.88. The lowest BCUT2D eigenvalue weighted by Gasteiger charge is -2.14. The fraction of sp³-hybridized carbons (Fsp3) is 0.0833. The van der Waals surface area contributed by atoms with Crippen LogP contribution in [0.25, 0.3) is 22.0 Å². The molecule has 0 fully saturated rings. The second-order valence-electron chi connectivity index (χ2n) is 7.55. The smallest absolute Gasteiger partial charge is 0.417 e. The summed E-state index contributed by atoms with van der Waals surface area (Å²) in [7, 11) is 1.44. The van der Waals surface area contributed by atoms with Crippen molar-refractivity contribution in [2.45, 2.75) is 6.18 Å². The highest BCUT2D eigenvalue weighted by Gasteiger charge is 2.35. The molecule has 0 unspecified atom stereocenters. The molecule has 0 radical (unpaired) electrons. The summed E-state index contributed by atoms with van der Waals surface area (Å²) in [6.45, 7) is 0. The van der Waals surface area contributed by atoms with E-state index in [-0.39, 0.29) is 44.8 Å². The molecule has 36 heavy (non-hydrogen) atoms. The van der Waals surface area contributed by atoms with Gasteiger partial charge in [-0.15, -0.1) is 0 Å². The lowest BCUT2D eigenvalue weighted by molar-refractivity contribution is -0.137. The number of hydrogen-bond acceptors (Lipinski definition) is 5. The minimum atomic E-state index is -4.86. The Bertz CT molecular complexity index is 1530. The van der Waals surface area contributed by atoms with E-state index in [0.29, 0.717) is 6.07 Å². The summed E-state index contributed by atoms with van der Waals surface area (Å²) in [5.41, 5.74) is 3.44. The molecule has 2 heterocycles. The van der Waals surface area contributed by atoms with Gasteiger partial charge in [-0.3, -0.25) is 19.1 Å². The van der Waals surface area contributed by atoms with Crippen LogP contribution in [0, 0.1) is 0 Å². The molecule has 2 amide bonds. The van der Waals surface area contributed by atoms with Gasteiger partial charge in [-0.05, 0) is 42.0 Å². The Kier molecular flexibility index (Phi) is 6.10. The summed E-state index contributed by atoms with van der Waals surface area (Å²) < 4.78 is 48.3. The lowest BCUT2D eigenvalue weighted by Crippen LogP contribution is -2.18. The highest BCUT2D eigenvalue weighted by Crippen LogP contribution is 2.42.